The molecule has 0 saturated carbocycles. The number of nitrogens with zero attached hydrogens (tertiary/aromatic N) is 3. The Kier molecular flexibility index (Phi) is 3.44. The molecule has 4 nitrogen and oxygen atoms in total. The second kappa shape index (κ2) is 5.19. The fraction of sp³-hybridized carbons (Fsp3) is 0.143. The predicted molar refractivity (Wildman–Crippen MR) is 70.0 cm³/mol. The number of anilines is 2. The molecular weight excluding hydrogens is 226 g/mol. The third kappa shape index (κ3) is 2.25. The molecular formula is C14H13N3O. The van der Waals surface area contributed by atoms with E-state index in [4.69, 9.17) is 10.00 Å². The molecule has 0 bridgehead atoms. The number of hydrogen-bond acceptors (Lipinski definition) is 4. The fourth-order valence-electron chi connectivity index (χ4n) is 1.70. The molecule has 0 spiro atoms. The van der Waals surface area contributed by atoms with E-state index in [1.54, 1.807) is 31.6 Å². The molecule has 0 radical (unpaired) electrons. The van der Waals surface area contributed by atoms with Crippen LogP contribution in [0.25, 0.3) is 0 Å². The molecule has 0 aliphatic heterocycles. The lowest BCUT2D eigenvalue weighted by molar-refractivity contribution is 0.415. The Bertz CT molecular complexity index is 575. The van der Waals surface area contributed by atoms with Gasteiger partial charge < -0.3 is 9.64 Å². The molecule has 4 heteroatoms. The van der Waals surface area contributed by atoms with Gasteiger partial charge in [-0.25, -0.2) is 0 Å². The average molecular weight is 239 g/mol. The van der Waals surface area contributed by atoms with Crippen molar-refractivity contribution in [1.29, 1.82) is 5.26 Å². The van der Waals surface area contributed by atoms with E-state index in [2.05, 4.69) is 11.1 Å². The summed E-state index contributed by atoms with van der Waals surface area (Å²) in [6.45, 7) is 0. The Labute approximate surface area is 106 Å². The molecule has 0 atom stereocenters. The first-order valence-corrected chi connectivity index (χ1v) is 5.48. The summed E-state index contributed by atoms with van der Waals surface area (Å²) in [5.41, 5.74) is 2.31. The Morgan fingerprint density at radius 1 is 1.33 bits per heavy atom. The highest BCUT2D eigenvalue weighted by Gasteiger charge is 2.10. The maximum Gasteiger partial charge on any atom is 0.121 e. The third-order valence-electron chi connectivity index (χ3n) is 2.72. The summed E-state index contributed by atoms with van der Waals surface area (Å²) in [6, 6.07) is 11.3. The number of ether oxygens (including phenoxy) is 1. The highest BCUT2D eigenvalue weighted by atomic mass is 16.5. The highest BCUT2D eigenvalue weighted by molar-refractivity contribution is 5.69. The Morgan fingerprint density at radius 3 is 2.78 bits per heavy atom. The number of nitriles is 1. The Balaban J connectivity index is 2.47. The molecule has 2 rings (SSSR count). The Hall–Kier alpha value is -2.54. The topological polar surface area (TPSA) is 49.1 Å². The van der Waals surface area contributed by atoms with E-state index < -0.39 is 0 Å². The van der Waals surface area contributed by atoms with E-state index in [-0.39, 0.29) is 0 Å². The zero-order valence-corrected chi connectivity index (χ0v) is 10.3. The van der Waals surface area contributed by atoms with Crippen LogP contribution in [0.4, 0.5) is 11.4 Å². The monoisotopic (exact) mass is 239 g/mol. The van der Waals surface area contributed by atoms with Gasteiger partial charge in [0.05, 0.1) is 30.2 Å². The van der Waals surface area contributed by atoms with E-state index in [0.29, 0.717) is 5.56 Å². The minimum absolute atomic E-state index is 0.599. The van der Waals surface area contributed by atoms with Crippen molar-refractivity contribution < 1.29 is 4.74 Å². The smallest absolute Gasteiger partial charge is 0.121 e. The van der Waals surface area contributed by atoms with Crippen LogP contribution in [0.2, 0.25) is 0 Å². The first kappa shape index (κ1) is 11.9. The largest absolute Gasteiger partial charge is 0.497 e. The van der Waals surface area contributed by atoms with Crippen molar-refractivity contribution in [2.24, 2.45) is 0 Å². The SMILES string of the molecule is COc1ccc(C#N)c(N(C)c2cccnc2)c1. The summed E-state index contributed by atoms with van der Waals surface area (Å²) >= 11 is 0. The number of hydrogen-bond donors (Lipinski definition) is 0. The minimum atomic E-state index is 0.599. The van der Waals surface area contributed by atoms with Crippen LogP contribution < -0.4 is 9.64 Å². The van der Waals surface area contributed by atoms with Crippen LogP contribution in [-0.2, 0) is 0 Å². The Morgan fingerprint density at radius 2 is 2.17 bits per heavy atom. The third-order valence-corrected chi connectivity index (χ3v) is 2.72. The molecule has 2 aromatic rings. The van der Waals surface area contributed by atoms with Crippen LogP contribution in [-0.4, -0.2) is 19.1 Å². The fourth-order valence-corrected chi connectivity index (χ4v) is 1.70. The van der Waals surface area contributed by atoms with Crippen molar-refractivity contribution in [3.63, 3.8) is 0 Å². The van der Waals surface area contributed by atoms with E-state index in [1.165, 1.54) is 0 Å². The molecule has 18 heavy (non-hydrogen) atoms. The minimum Gasteiger partial charge on any atom is -0.497 e. The molecule has 0 aliphatic carbocycles. The van der Waals surface area contributed by atoms with Crippen molar-refractivity contribution in [1.82, 2.24) is 4.98 Å². The average Bonchev–Trinajstić information content (AvgIpc) is 2.46. The van der Waals surface area contributed by atoms with Crippen molar-refractivity contribution in [3.05, 3.63) is 48.3 Å². The number of aromatic nitrogens is 1. The molecule has 0 fully saturated rings. The van der Waals surface area contributed by atoms with Gasteiger partial charge in [-0.05, 0) is 24.3 Å². The maximum absolute atomic E-state index is 9.14. The second-order valence-electron chi connectivity index (χ2n) is 3.77. The highest BCUT2D eigenvalue weighted by Crippen LogP contribution is 2.29. The molecule has 1 heterocycles. The van der Waals surface area contributed by atoms with E-state index in [9.17, 15) is 0 Å². The standard InChI is InChI=1S/C14H13N3O/c1-17(12-4-3-7-16-10-12)14-8-13(18-2)6-5-11(14)9-15/h3-8,10H,1-2H3. The van der Waals surface area contributed by atoms with Crippen LogP contribution in [0, 0.1) is 11.3 Å². The molecule has 1 aromatic carbocycles. The summed E-state index contributed by atoms with van der Waals surface area (Å²) in [5, 5.41) is 9.14. The quantitative estimate of drug-likeness (QED) is 0.826. The zero-order valence-electron chi connectivity index (χ0n) is 10.3. The summed E-state index contributed by atoms with van der Waals surface area (Å²) in [7, 11) is 3.50. The summed E-state index contributed by atoms with van der Waals surface area (Å²) in [4.78, 5) is 5.98. The van der Waals surface area contributed by atoms with Gasteiger partial charge >= 0.3 is 0 Å². The first-order chi connectivity index (χ1) is 8.76. The number of methoxy groups -OCH3 is 1. The molecule has 0 saturated heterocycles. The van der Waals surface area contributed by atoms with Gasteiger partial charge in [-0.3, -0.25) is 4.98 Å². The normalized spacial score (nSPS) is 9.61. The number of pyridine rings is 1. The van der Waals surface area contributed by atoms with Crippen LogP contribution in [0.15, 0.2) is 42.7 Å². The van der Waals surface area contributed by atoms with Gasteiger partial charge in [-0.15, -0.1) is 0 Å². The molecule has 0 N–H and O–H groups in total. The summed E-state index contributed by atoms with van der Waals surface area (Å²) in [5.74, 6) is 0.722. The van der Waals surface area contributed by atoms with E-state index >= 15 is 0 Å². The van der Waals surface area contributed by atoms with Crippen molar-refractivity contribution in [2.45, 2.75) is 0 Å². The molecule has 90 valence electrons. The maximum atomic E-state index is 9.14. The first-order valence-electron chi connectivity index (χ1n) is 5.48. The molecule has 0 unspecified atom stereocenters. The van der Waals surface area contributed by atoms with Gasteiger partial charge in [0.25, 0.3) is 0 Å². The van der Waals surface area contributed by atoms with Gasteiger partial charge in [0, 0.05) is 19.3 Å². The predicted octanol–water partition coefficient (Wildman–Crippen LogP) is 2.73. The van der Waals surface area contributed by atoms with Gasteiger partial charge in [0.2, 0.25) is 0 Å². The number of benzene rings is 1. The second-order valence-corrected chi connectivity index (χ2v) is 3.77. The lowest BCUT2D eigenvalue weighted by Gasteiger charge is -2.20. The van der Waals surface area contributed by atoms with E-state index in [0.717, 1.165) is 17.1 Å². The van der Waals surface area contributed by atoms with Gasteiger partial charge in [-0.2, -0.15) is 5.26 Å². The van der Waals surface area contributed by atoms with Crippen molar-refractivity contribution >= 4 is 11.4 Å². The zero-order chi connectivity index (χ0) is 13.0. The molecule has 1 aromatic heterocycles. The number of rotatable bonds is 3. The van der Waals surface area contributed by atoms with Crippen LogP contribution in [0.3, 0.4) is 0 Å². The molecule has 0 aliphatic rings. The van der Waals surface area contributed by atoms with Crippen LogP contribution >= 0.6 is 0 Å². The lowest BCUT2D eigenvalue weighted by atomic mass is 10.1. The van der Waals surface area contributed by atoms with Crippen LogP contribution in [0.1, 0.15) is 5.56 Å². The van der Waals surface area contributed by atoms with Gasteiger partial charge in [0.15, 0.2) is 0 Å². The van der Waals surface area contributed by atoms with Gasteiger partial charge in [-0.1, -0.05) is 0 Å². The van der Waals surface area contributed by atoms with Crippen molar-refractivity contribution in [3.8, 4) is 11.8 Å². The summed E-state index contributed by atoms with van der Waals surface area (Å²) in [6.07, 6.45) is 3.47. The van der Waals surface area contributed by atoms with Crippen LogP contribution in [0.5, 0.6) is 5.75 Å². The van der Waals surface area contributed by atoms with Crippen molar-refractivity contribution in [2.75, 3.05) is 19.1 Å². The molecule has 0 amide bonds. The van der Waals surface area contributed by atoms with E-state index in [1.807, 2.05) is 30.1 Å². The summed E-state index contributed by atoms with van der Waals surface area (Å²) < 4.78 is 5.19. The lowest BCUT2D eigenvalue weighted by Crippen LogP contribution is -2.11. The van der Waals surface area contributed by atoms with Gasteiger partial charge in [0.1, 0.15) is 11.8 Å².